The highest BCUT2D eigenvalue weighted by molar-refractivity contribution is 5.29. The Hall–Kier alpha value is -0.800. The molecule has 0 aliphatic carbocycles. The van der Waals surface area contributed by atoms with Crippen molar-refractivity contribution in [2.45, 2.75) is 19.5 Å². The number of fused-ring (bicyclic) bond motifs is 1. The molecule has 3 heteroatoms. The van der Waals surface area contributed by atoms with Crippen molar-refractivity contribution < 1.29 is 0 Å². The van der Waals surface area contributed by atoms with Crippen molar-refractivity contribution in [3.05, 3.63) is 23.0 Å². The summed E-state index contributed by atoms with van der Waals surface area (Å²) in [4.78, 5) is 3.35. The largest absolute Gasteiger partial charge is 0.361 e. The van der Waals surface area contributed by atoms with Crippen LogP contribution < -0.4 is 11.1 Å². The lowest BCUT2D eigenvalue weighted by Crippen LogP contribution is -2.05. The molecule has 0 fully saturated rings. The maximum atomic E-state index is 5.44. The van der Waals surface area contributed by atoms with Crippen LogP contribution >= 0.6 is 0 Å². The molecule has 2 heterocycles. The molecule has 0 radical (unpaired) electrons. The quantitative estimate of drug-likeness (QED) is 0.562. The molecule has 1 aliphatic rings. The molecule has 0 unspecified atom stereocenters. The molecule has 0 saturated heterocycles. The van der Waals surface area contributed by atoms with Crippen LogP contribution in [0.4, 0.5) is 0 Å². The van der Waals surface area contributed by atoms with E-state index < -0.39 is 0 Å². The van der Waals surface area contributed by atoms with Crippen molar-refractivity contribution in [2.75, 3.05) is 6.54 Å². The van der Waals surface area contributed by atoms with Crippen molar-refractivity contribution in [3.63, 3.8) is 0 Å². The molecule has 0 aromatic carbocycles. The molecule has 0 spiro atoms. The molecular weight excluding hydrogens is 138 g/mol. The molecule has 0 bridgehead atoms. The Balaban J connectivity index is 2.20. The van der Waals surface area contributed by atoms with Gasteiger partial charge in [0.15, 0.2) is 0 Å². The SMILES string of the molecule is NCCc1cc2c([nH]1)CNC2. The Bertz CT molecular complexity index is 230. The molecule has 0 amide bonds. The van der Waals surface area contributed by atoms with Gasteiger partial charge in [0.1, 0.15) is 0 Å². The van der Waals surface area contributed by atoms with Crippen LogP contribution in [-0.4, -0.2) is 11.5 Å². The van der Waals surface area contributed by atoms with Gasteiger partial charge in [0, 0.05) is 24.5 Å². The number of aromatic amines is 1. The van der Waals surface area contributed by atoms with E-state index in [4.69, 9.17) is 5.73 Å². The summed E-state index contributed by atoms with van der Waals surface area (Å²) < 4.78 is 0. The zero-order valence-corrected chi connectivity index (χ0v) is 6.48. The van der Waals surface area contributed by atoms with E-state index in [9.17, 15) is 0 Å². The Morgan fingerprint density at radius 3 is 3.09 bits per heavy atom. The first-order chi connectivity index (χ1) is 5.40. The minimum Gasteiger partial charge on any atom is -0.361 e. The molecule has 1 aromatic rings. The fourth-order valence-corrected chi connectivity index (χ4v) is 1.54. The third-order valence-electron chi connectivity index (χ3n) is 2.08. The van der Waals surface area contributed by atoms with Crippen molar-refractivity contribution in [1.82, 2.24) is 10.3 Å². The van der Waals surface area contributed by atoms with E-state index in [0.717, 1.165) is 26.1 Å². The van der Waals surface area contributed by atoms with Crippen LogP contribution in [0.25, 0.3) is 0 Å². The number of H-pyrrole nitrogens is 1. The fourth-order valence-electron chi connectivity index (χ4n) is 1.54. The molecule has 60 valence electrons. The second kappa shape index (κ2) is 2.68. The summed E-state index contributed by atoms with van der Waals surface area (Å²) in [5.41, 5.74) is 9.47. The number of nitrogens with two attached hydrogens (primary N) is 1. The van der Waals surface area contributed by atoms with Gasteiger partial charge in [-0.2, -0.15) is 0 Å². The standard InChI is InChI=1S/C8H13N3/c9-2-1-7-3-6-4-10-5-8(6)11-7/h3,10-11H,1-2,4-5,9H2. The first-order valence-electron chi connectivity index (χ1n) is 4.00. The van der Waals surface area contributed by atoms with E-state index >= 15 is 0 Å². The van der Waals surface area contributed by atoms with E-state index in [1.807, 2.05) is 0 Å². The topological polar surface area (TPSA) is 53.8 Å². The summed E-state index contributed by atoms with van der Waals surface area (Å²) in [6.07, 6.45) is 0.965. The average Bonchev–Trinajstić information content (AvgIpc) is 2.46. The Morgan fingerprint density at radius 1 is 1.45 bits per heavy atom. The van der Waals surface area contributed by atoms with E-state index in [2.05, 4.69) is 16.4 Å². The minimum atomic E-state index is 0.729. The molecule has 2 rings (SSSR count). The van der Waals surface area contributed by atoms with E-state index in [0.29, 0.717) is 0 Å². The molecular formula is C8H13N3. The number of hydrogen-bond donors (Lipinski definition) is 3. The van der Waals surface area contributed by atoms with Crippen LogP contribution in [0.15, 0.2) is 6.07 Å². The van der Waals surface area contributed by atoms with E-state index in [-0.39, 0.29) is 0 Å². The summed E-state index contributed by atoms with van der Waals surface area (Å²) >= 11 is 0. The average molecular weight is 151 g/mol. The number of aromatic nitrogens is 1. The Labute approximate surface area is 66.0 Å². The van der Waals surface area contributed by atoms with Gasteiger partial charge < -0.3 is 16.0 Å². The van der Waals surface area contributed by atoms with Crippen LogP contribution in [0.2, 0.25) is 0 Å². The highest BCUT2D eigenvalue weighted by Crippen LogP contribution is 2.15. The van der Waals surface area contributed by atoms with Gasteiger partial charge in [-0.3, -0.25) is 0 Å². The minimum absolute atomic E-state index is 0.729. The number of rotatable bonds is 2. The van der Waals surface area contributed by atoms with Gasteiger partial charge in [-0.1, -0.05) is 0 Å². The molecule has 0 saturated carbocycles. The van der Waals surface area contributed by atoms with E-state index in [1.165, 1.54) is 17.0 Å². The number of hydrogen-bond acceptors (Lipinski definition) is 2. The summed E-state index contributed by atoms with van der Waals surface area (Å²) in [5, 5.41) is 3.27. The highest BCUT2D eigenvalue weighted by Gasteiger charge is 2.12. The Morgan fingerprint density at radius 2 is 2.36 bits per heavy atom. The molecule has 4 N–H and O–H groups in total. The third-order valence-corrected chi connectivity index (χ3v) is 2.08. The van der Waals surface area contributed by atoms with Gasteiger partial charge in [0.25, 0.3) is 0 Å². The Kier molecular flexibility index (Phi) is 1.68. The lowest BCUT2D eigenvalue weighted by molar-refractivity contribution is 0.747. The van der Waals surface area contributed by atoms with Gasteiger partial charge in [-0.15, -0.1) is 0 Å². The summed E-state index contributed by atoms with van der Waals surface area (Å²) in [7, 11) is 0. The molecule has 1 aromatic heterocycles. The molecule has 0 atom stereocenters. The van der Waals surface area contributed by atoms with Crippen molar-refractivity contribution in [1.29, 1.82) is 0 Å². The van der Waals surface area contributed by atoms with Crippen molar-refractivity contribution in [2.24, 2.45) is 5.73 Å². The number of nitrogens with one attached hydrogen (secondary N) is 2. The zero-order chi connectivity index (χ0) is 7.68. The monoisotopic (exact) mass is 151 g/mol. The van der Waals surface area contributed by atoms with Crippen LogP contribution in [-0.2, 0) is 19.5 Å². The second-order valence-corrected chi connectivity index (χ2v) is 2.94. The molecule has 3 nitrogen and oxygen atoms in total. The van der Waals surface area contributed by atoms with Crippen LogP contribution in [0.3, 0.4) is 0 Å². The van der Waals surface area contributed by atoms with Gasteiger partial charge in [0.2, 0.25) is 0 Å². The summed E-state index contributed by atoms with van der Waals surface area (Å²) in [6.45, 7) is 2.73. The lowest BCUT2D eigenvalue weighted by atomic mass is 10.2. The van der Waals surface area contributed by atoms with Gasteiger partial charge >= 0.3 is 0 Å². The third kappa shape index (κ3) is 1.17. The normalized spacial score (nSPS) is 15.4. The smallest absolute Gasteiger partial charge is 0.0363 e. The summed E-state index contributed by atoms with van der Waals surface area (Å²) in [6, 6.07) is 2.21. The fraction of sp³-hybridized carbons (Fsp3) is 0.500. The van der Waals surface area contributed by atoms with Gasteiger partial charge in [-0.25, -0.2) is 0 Å². The second-order valence-electron chi connectivity index (χ2n) is 2.94. The van der Waals surface area contributed by atoms with Crippen LogP contribution in [0, 0.1) is 0 Å². The van der Waals surface area contributed by atoms with Crippen molar-refractivity contribution in [3.8, 4) is 0 Å². The van der Waals surface area contributed by atoms with Gasteiger partial charge in [0.05, 0.1) is 0 Å². The first kappa shape index (κ1) is 6.88. The van der Waals surface area contributed by atoms with Crippen molar-refractivity contribution >= 4 is 0 Å². The van der Waals surface area contributed by atoms with Gasteiger partial charge in [-0.05, 0) is 24.6 Å². The lowest BCUT2D eigenvalue weighted by Gasteiger charge is -1.93. The van der Waals surface area contributed by atoms with E-state index in [1.54, 1.807) is 0 Å². The molecule has 1 aliphatic heterocycles. The zero-order valence-electron chi connectivity index (χ0n) is 6.48. The summed E-state index contributed by atoms with van der Waals surface area (Å²) in [5.74, 6) is 0. The maximum absolute atomic E-state index is 5.44. The molecule has 11 heavy (non-hydrogen) atoms. The highest BCUT2D eigenvalue weighted by atomic mass is 14.9. The first-order valence-corrected chi connectivity index (χ1v) is 4.00. The predicted octanol–water partition coefficient (Wildman–Crippen LogP) is 0.119. The van der Waals surface area contributed by atoms with Crippen LogP contribution in [0.5, 0.6) is 0 Å². The predicted molar refractivity (Wildman–Crippen MR) is 44.1 cm³/mol. The maximum Gasteiger partial charge on any atom is 0.0363 e. The van der Waals surface area contributed by atoms with Crippen LogP contribution in [0.1, 0.15) is 17.0 Å².